The van der Waals surface area contributed by atoms with Crippen molar-refractivity contribution in [3.63, 3.8) is 0 Å². The number of carbonyl (C=O) groups excluding carboxylic acids is 1. The molecule has 0 radical (unpaired) electrons. The fourth-order valence-electron chi connectivity index (χ4n) is 2.83. The number of hydrogen-bond acceptors (Lipinski definition) is 4. The molecule has 1 aliphatic heterocycles. The molecule has 5 nitrogen and oxygen atoms in total. The second-order valence-corrected chi connectivity index (χ2v) is 6.97. The zero-order valence-corrected chi connectivity index (χ0v) is 14.9. The number of ether oxygens (including phenoxy) is 1. The van der Waals surface area contributed by atoms with Gasteiger partial charge in [0, 0.05) is 25.0 Å². The molecule has 2 aromatic rings. The number of nitrogens with one attached hydrogen (secondary N) is 1. The molecule has 0 aliphatic carbocycles. The van der Waals surface area contributed by atoms with Gasteiger partial charge >= 0.3 is 6.03 Å². The molecule has 3 rings (SSSR count). The summed E-state index contributed by atoms with van der Waals surface area (Å²) in [5.74, 6) is 0. The lowest BCUT2D eigenvalue weighted by Gasteiger charge is -2.36. The maximum absolute atomic E-state index is 12.4. The third-order valence-electron chi connectivity index (χ3n) is 4.12. The van der Waals surface area contributed by atoms with E-state index in [1.165, 1.54) is 0 Å². The Hall–Kier alpha value is -1.92. The molecule has 128 valence electrons. The van der Waals surface area contributed by atoms with Crippen LogP contribution >= 0.6 is 11.3 Å². The highest BCUT2D eigenvalue weighted by atomic mass is 32.1. The maximum Gasteiger partial charge on any atom is 0.317 e. The van der Waals surface area contributed by atoms with Gasteiger partial charge in [0.05, 0.1) is 12.6 Å². The van der Waals surface area contributed by atoms with Crippen LogP contribution in [0.15, 0.2) is 35.2 Å². The Morgan fingerprint density at radius 3 is 3.00 bits per heavy atom. The Kier molecular flexibility index (Phi) is 5.48. The van der Waals surface area contributed by atoms with Crippen LogP contribution in [-0.4, -0.2) is 41.7 Å². The largest absolute Gasteiger partial charge is 0.367 e. The van der Waals surface area contributed by atoms with E-state index in [-0.39, 0.29) is 18.2 Å². The van der Waals surface area contributed by atoms with Crippen molar-refractivity contribution < 1.29 is 9.53 Å². The molecule has 0 unspecified atom stereocenters. The van der Waals surface area contributed by atoms with Crippen LogP contribution in [0.2, 0.25) is 0 Å². The number of hydrogen-bond donors (Lipinski definition) is 1. The van der Waals surface area contributed by atoms with Crippen LogP contribution in [0.5, 0.6) is 0 Å². The van der Waals surface area contributed by atoms with Crippen LogP contribution in [0.4, 0.5) is 4.79 Å². The average Bonchev–Trinajstić information content (AvgIpc) is 3.10. The summed E-state index contributed by atoms with van der Waals surface area (Å²) in [5, 5.41) is 7.13. The predicted molar refractivity (Wildman–Crippen MR) is 95.3 cm³/mol. The summed E-state index contributed by atoms with van der Waals surface area (Å²) in [6.07, 6.45) is 2.65. The van der Waals surface area contributed by atoms with Gasteiger partial charge in [-0.05, 0) is 54.3 Å². The van der Waals surface area contributed by atoms with Crippen LogP contribution in [-0.2, 0) is 11.2 Å². The summed E-state index contributed by atoms with van der Waals surface area (Å²) in [7, 11) is 0. The number of amides is 2. The van der Waals surface area contributed by atoms with E-state index in [4.69, 9.17) is 4.74 Å². The van der Waals surface area contributed by atoms with Gasteiger partial charge in [0.25, 0.3) is 0 Å². The minimum Gasteiger partial charge on any atom is -0.367 e. The van der Waals surface area contributed by atoms with Gasteiger partial charge in [0.1, 0.15) is 6.10 Å². The summed E-state index contributed by atoms with van der Waals surface area (Å²) in [4.78, 5) is 18.6. The molecule has 6 heteroatoms. The van der Waals surface area contributed by atoms with Gasteiger partial charge in [-0.15, -0.1) is 0 Å². The molecule has 0 aromatic carbocycles. The molecule has 24 heavy (non-hydrogen) atoms. The Morgan fingerprint density at radius 1 is 1.42 bits per heavy atom. The van der Waals surface area contributed by atoms with Gasteiger partial charge in [0.2, 0.25) is 0 Å². The summed E-state index contributed by atoms with van der Waals surface area (Å²) in [6, 6.07) is 6.09. The fourth-order valence-corrected chi connectivity index (χ4v) is 3.53. The zero-order valence-electron chi connectivity index (χ0n) is 14.1. The Labute approximate surface area is 146 Å². The van der Waals surface area contributed by atoms with Crippen molar-refractivity contribution in [1.29, 1.82) is 0 Å². The molecule has 3 heterocycles. The van der Waals surface area contributed by atoms with Crippen molar-refractivity contribution in [2.24, 2.45) is 0 Å². The topological polar surface area (TPSA) is 54.5 Å². The first-order valence-electron chi connectivity index (χ1n) is 8.23. The summed E-state index contributed by atoms with van der Waals surface area (Å²) >= 11 is 1.65. The first-order chi connectivity index (χ1) is 11.6. The third-order valence-corrected chi connectivity index (χ3v) is 4.83. The van der Waals surface area contributed by atoms with Crippen molar-refractivity contribution in [1.82, 2.24) is 15.2 Å². The van der Waals surface area contributed by atoms with E-state index < -0.39 is 0 Å². The van der Waals surface area contributed by atoms with E-state index in [0.717, 1.165) is 23.2 Å². The Balaban J connectivity index is 1.51. The van der Waals surface area contributed by atoms with Crippen molar-refractivity contribution in [3.8, 4) is 0 Å². The smallest absolute Gasteiger partial charge is 0.317 e. The van der Waals surface area contributed by atoms with E-state index in [9.17, 15) is 4.79 Å². The molecule has 0 bridgehead atoms. The van der Waals surface area contributed by atoms with E-state index in [2.05, 4.69) is 27.8 Å². The molecule has 1 N–H and O–H groups in total. The minimum atomic E-state index is -0.0351. The second kappa shape index (κ2) is 7.77. The van der Waals surface area contributed by atoms with E-state index >= 15 is 0 Å². The predicted octanol–water partition coefficient (Wildman–Crippen LogP) is 3.17. The lowest BCUT2D eigenvalue weighted by molar-refractivity contribution is -0.0654. The van der Waals surface area contributed by atoms with Crippen molar-refractivity contribution >= 4 is 17.4 Å². The van der Waals surface area contributed by atoms with Gasteiger partial charge < -0.3 is 15.0 Å². The number of rotatable bonds is 4. The molecule has 2 aromatic heterocycles. The van der Waals surface area contributed by atoms with Gasteiger partial charge in [-0.2, -0.15) is 11.3 Å². The molecule has 2 amide bonds. The molecule has 1 fully saturated rings. The summed E-state index contributed by atoms with van der Waals surface area (Å²) < 4.78 is 5.97. The standard InChI is InChI=1S/C18H23N3O2S/c1-13-3-4-15(9-20-13)5-7-19-18(22)21-10-14(2)23-17(11-21)16-6-8-24-12-16/h3-4,6,8-9,12,14,17H,5,7,10-11H2,1-2H3,(H,19,22)/t14-,17+/m1/s1. The highest BCUT2D eigenvalue weighted by Gasteiger charge is 2.29. The summed E-state index contributed by atoms with van der Waals surface area (Å²) in [5.41, 5.74) is 3.28. The number of thiophene rings is 1. The molecular weight excluding hydrogens is 322 g/mol. The lowest BCUT2D eigenvalue weighted by atomic mass is 10.1. The van der Waals surface area contributed by atoms with Gasteiger partial charge in [-0.25, -0.2) is 4.79 Å². The molecule has 0 saturated carbocycles. The number of nitrogens with zero attached hydrogens (tertiary/aromatic N) is 2. The normalized spacial score (nSPS) is 20.8. The number of aryl methyl sites for hydroxylation is 1. The van der Waals surface area contributed by atoms with Crippen molar-refractivity contribution in [2.45, 2.75) is 32.5 Å². The third kappa shape index (κ3) is 4.33. The Morgan fingerprint density at radius 2 is 2.29 bits per heavy atom. The summed E-state index contributed by atoms with van der Waals surface area (Å²) in [6.45, 7) is 5.81. The highest BCUT2D eigenvalue weighted by Crippen LogP contribution is 2.26. The van der Waals surface area contributed by atoms with E-state index in [1.807, 2.05) is 36.4 Å². The van der Waals surface area contributed by atoms with E-state index in [0.29, 0.717) is 19.6 Å². The maximum atomic E-state index is 12.4. The average molecular weight is 345 g/mol. The van der Waals surface area contributed by atoms with Crippen LogP contribution in [0.1, 0.15) is 29.8 Å². The van der Waals surface area contributed by atoms with E-state index in [1.54, 1.807) is 11.3 Å². The molecule has 0 spiro atoms. The minimum absolute atomic E-state index is 0.0227. The molecular formula is C18H23N3O2S. The van der Waals surface area contributed by atoms with Crippen LogP contribution in [0.3, 0.4) is 0 Å². The number of aromatic nitrogens is 1. The van der Waals surface area contributed by atoms with Crippen LogP contribution in [0, 0.1) is 6.92 Å². The van der Waals surface area contributed by atoms with Gasteiger partial charge in [-0.1, -0.05) is 6.07 Å². The SMILES string of the molecule is Cc1ccc(CCNC(=O)N2C[C@@H](C)O[C@H](c3ccsc3)C2)cn1. The number of morpholine rings is 1. The molecule has 1 aliphatic rings. The van der Waals surface area contributed by atoms with Crippen LogP contribution < -0.4 is 5.32 Å². The lowest BCUT2D eigenvalue weighted by Crippen LogP contribution is -2.50. The number of urea groups is 1. The number of pyridine rings is 1. The highest BCUT2D eigenvalue weighted by molar-refractivity contribution is 7.07. The van der Waals surface area contributed by atoms with Gasteiger partial charge in [0.15, 0.2) is 0 Å². The molecule has 2 atom stereocenters. The number of carbonyl (C=O) groups is 1. The first kappa shape index (κ1) is 16.9. The Bertz CT molecular complexity index is 657. The monoisotopic (exact) mass is 345 g/mol. The fraction of sp³-hybridized carbons (Fsp3) is 0.444. The van der Waals surface area contributed by atoms with Crippen molar-refractivity contribution in [3.05, 3.63) is 52.0 Å². The van der Waals surface area contributed by atoms with Crippen LogP contribution in [0.25, 0.3) is 0 Å². The van der Waals surface area contributed by atoms with Crippen molar-refractivity contribution in [2.75, 3.05) is 19.6 Å². The molecule has 1 saturated heterocycles. The second-order valence-electron chi connectivity index (χ2n) is 6.19. The first-order valence-corrected chi connectivity index (χ1v) is 9.18. The zero-order chi connectivity index (χ0) is 16.9. The quantitative estimate of drug-likeness (QED) is 0.926. The van der Waals surface area contributed by atoms with Gasteiger partial charge in [-0.3, -0.25) is 4.98 Å².